The van der Waals surface area contributed by atoms with E-state index in [1.54, 1.807) is 12.4 Å². The third-order valence-corrected chi connectivity index (χ3v) is 2.54. The number of H-pyrrole nitrogens is 1. The zero-order valence-electron chi connectivity index (χ0n) is 8.51. The van der Waals surface area contributed by atoms with Crippen molar-refractivity contribution in [3.63, 3.8) is 0 Å². The summed E-state index contributed by atoms with van der Waals surface area (Å²) in [6, 6.07) is 9.61. The smallest absolute Gasteiger partial charge is 0.100 e. The minimum Gasteiger partial charge on any atom is -0.399 e. The van der Waals surface area contributed by atoms with E-state index in [2.05, 4.69) is 15.2 Å². The first kappa shape index (κ1) is 8.91. The Balaban J connectivity index is 2.26. The molecule has 0 amide bonds. The van der Waals surface area contributed by atoms with Crippen molar-refractivity contribution in [2.24, 2.45) is 0 Å². The van der Waals surface area contributed by atoms with Crippen LogP contribution in [0.3, 0.4) is 0 Å². The molecule has 0 unspecified atom stereocenters. The van der Waals surface area contributed by atoms with E-state index in [0.29, 0.717) is 0 Å². The average molecular weight is 210 g/mol. The van der Waals surface area contributed by atoms with Gasteiger partial charge in [-0.25, -0.2) is 0 Å². The van der Waals surface area contributed by atoms with Gasteiger partial charge in [-0.15, -0.1) is 0 Å². The molecule has 3 N–H and O–H groups in total. The molecule has 4 heteroatoms. The van der Waals surface area contributed by atoms with Gasteiger partial charge in [-0.2, -0.15) is 5.10 Å². The number of nitrogens with two attached hydrogens (primary N) is 1. The number of hydrogen-bond acceptors (Lipinski definition) is 3. The third-order valence-electron chi connectivity index (χ3n) is 2.54. The SMILES string of the molecule is Nc1ccc2c(-c3ccncc3)n[nH]c2c1. The summed E-state index contributed by atoms with van der Waals surface area (Å²) in [6.07, 6.45) is 3.51. The molecule has 2 heterocycles. The predicted octanol–water partition coefficient (Wildman–Crippen LogP) is 2.21. The minimum absolute atomic E-state index is 0.734. The third kappa shape index (κ3) is 1.32. The van der Waals surface area contributed by atoms with Crippen molar-refractivity contribution in [2.75, 3.05) is 5.73 Å². The molecule has 0 saturated heterocycles. The van der Waals surface area contributed by atoms with E-state index in [4.69, 9.17) is 5.73 Å². The molecule has 0 bridgehead atoms. The minimum atomic E-state index is 0.734. The lowest BCUT2D eigenvalue weighted by Crippen LogP contribution is -1.83. The van der Waals surface area contributed by atoms with Gasteiger partial charge in [0.15, 0.2) is 0 Å². The molecule has 0 spiro atoms. The van der Waals surface area contributed by atoms with Gasteiger partial charge in [0.1, 0.15) is 5.69 Å². The van der Waals surface area contributed by atoms with Crippen LogP contribution >= 0.6 is 0 Å². The van der Waals surface area contributed by atoms with E-state index < -0.39 is 0 Å². The van der Waals surface area contributed by atoms with Gasteiger partial charge < -0.3 is 5.73 Å². The second-order valence-electron chi connectivity index (χ2n) is 3.61. The highest BCUT2D eigenvalue weighted by Gasteiger charge is 2.07. The first-order valence-electron chi connectivity index (χ1n) is 4.98. The fourth-order valence-electron chi connectivity index (χ4n) is 1.77. The number of hydrogen-bond donors (Lipinski definition) is 2. The van der Waals surface area contributed by atoms with Crippen LogP contribution in [0.5, 0.6) is 0 Å². The van der Waals surface area contributed by atoms with Crippen molar-refractivity contribution in [1.82, 2.24) is 15.2 Å². The molecule has 78 valence electrons. The van der Waals surface area contributed by atoms with Crippen molar-refractivity contribution in [1.29, 1.82) is 0 Å². The number of aromatic amines is 1. The number of anilines is 1. The summed E-state index contributed by atoms with van der Waals surface area (Å²) in [5, 5.41) is 8.35. The highest BCUT2D eigenvalue weighted by Crippen LogP contribution is 2.26. The number of nitrogens with zero attached hydrogens (tertiary/aromatic N) is 2. The quantitative estimate of drug-likeness (QED) is 0.605. The van der Waals surface area contributed by atoms with Gasteiger partial charge in [0.05, 0.1) is 5.52 Å². The van der Waals surface area contributed by atoms with Gasteiger partial charge in [0.2, 0.25) is 0 Å². The second kappa shape index (κ2) is 3.34. The molecule has 0 atom stereocenters. The summed E-state index contributed by atoms with van der Waals surface area (Å²) < 4.78 is 0. The van der Waals surface area contributed by atoms with Crippen LogP contribution in [0.15, 0.2) is 42.7 Å². The maximum absolute atomic E-state index is 5.71. The van der Waals surface area contributed by atoms with Crippen LogP contribution in [0, 0.1) is 0 Å². The molecule has 0 radical (unpaired) electrons. The van der Waals surface area contributed by atoms with Crippen molar-refractivity contribution in [3.05, 3.63) is 42.7 Å². The highest BCUT2D eigenvalue weighted by atomic mass is 15.1. The number of nitrogen functional groups attached to an aromatic ring is 1. The molecule has 16 heavy (non-hydrogen) atoms. The van der Waals surface area contributed by atoms with E-state index >= 15 is 0 Å². The number of nitrogens with one attached hydrogen (secondary N) is 1. The monoisotopic (exact) mass is 210 g/mol. The summed E-state index contributed by atoms with van der Waals surface area (Å²) >= 11 is 0. The Morgan fingerprint density at radius 2 is 1.88 bits per heavy atom. The van der Waals surface area contributed by atoms with Gasteiger partial charge in [-0.1, -0.05) is 0 Å². The molecular weight excluding hydrogens is 200 g/mol. The summed E-state index contributed by atoms with van der Waals surface area (Å²) in [5.41, 5.74) is 9.37. The van der Waals surface area contributed by atoms with Crippen molar-refractivity contribution >= 4 is 16.6 Å². The molecule has 3 rings (SSSR count). The lowest BCUT2D eigenvalue weighted by atomic mass is 10.1. The largest absolute Gasteiger partial charge is 0.399 e. The lowest BCUT2D eigenvalue weighted by Gasteiger charge is -1.97. The summed E-state index contributed by atoms with van der Waals surface area (Å²) in [6.45, 7) is 0. The van der Waals surface area contributed by atoms with Gasteiger partial charge in [0, 0.05) is 29.0 Å². The predicted molar refractivity (Wildman–Crippen MR) is 63.7 cm³/mol. The Labute approximate surface area is 92.1 Å². The molecule has 0 fully saturated rings. The van der Waals surface area contributed by atoms with E-state index in [0.717, 1.165) is 27.8 Å². The molecule has 0 aliphatic heterocycles. The maximum atomic E-state index is 5.71. The zero-order chi connectivity index (χ0) is 11.0. The van der Waals surface area contributed by atoms with Crippen LogP contribution in [0.25, 0.3) is 22.2 Å². The van der Waals surface area contributed by atoms with E-state index in [1.165, 1.54) is 0 Å². The van der Waals surface area contributed by atoms with Gasteiger partial charge in [-0.05, 0) is 30.3 Å². The maximum Gasteiger partial charge on any atom is 0.100 e. The normalized spacial score (nSPS) is 10.8. The Morgan fingerprint density at radius 1 is 1.06 bits per heavy atom. The standard InChI is InChI=1S/C12H10N4/c13-9-1-2-10-11(7-9)15-16-12(10)8-3-5-14-6-4-8/h1-7H,13H2,(H,15,16). The number of aromatic nitrogens is 3. The van der Waals surface area contributed by atoms with Crippen LogP contribution in [0.1, 0.15) is 0 Å². The first-order valence-corrected chi connectivity index (χ1v) is 4.98. The number of benzene rings is 1. The second-order valence-corrected chi connectivity index (χ2v) is 3.61. The zero-order valence-corrected chi connectivity index (χ0v) is 8.51. The van der Waals surface area contributed by atoms with E-state index in [9.17, 15) is 0 Å². The fourth-order valence-corrected chi connectivity index (χ4v) is 1.77. The number of pyridine rings is 1. The number of rotatable bonds is 1. The van der Waals surface area contributed by atoms with Crippen molar-refractivity contribution < 1.29 is 0 Å². The summed E-state index contributed by atoms with van der Waals surface area (Å²) in [4.78, 5) is 3.99. The Hall–Kier alpha value is -2.36. The summed E-state index contributed by atoms with van der Waals surface area (Å²) in [5.74, 6) is 0. The molecule has 0 saturated carbocycles. The van der Waals surface area contributed by atoms with Crippen LogP contribution < -0.4 is 5.73 Å². The van der Waals surface area contributed by atoms with Crippen molar-refractivity contribution in [3.8, 4) is 11.3 Å². The molecule has 4 nitrogen and oxygen atoms in total. The molecule has 0 aliphatic rings. The van der Waals surface area contributed by atoms with Gasteiger partial charge >= 0.3 is 0 Å². The first-order chi connectivity index (χ1) is 7.84. The van der Waals surface area contributed by atoms with Crippen LogP contribution in [0.4, 0.5) is 5.69 Å². The van der Waals surface area contributed by atoms with Gasteiger partial charge in [0.25, 0.3) is 0 Å². The lowest BCUT2D eigenvalue weighted by molar-refractivity contribution is 1.12. The summed E-state index contributed by atoms with van der Waals surface area (Å²) in [7, 11) is 0. The van der Waals surface area contributed by atoms with E-state index in [-0.39, 0.29) is 0 Å². The molecule has 0 aliphatic carbocycles. The fraction of sp³-hybridized carbons (Fsp3) is 0. The average Bonchev–Trinajstić information content (AvgIpc) is 2.73. The topological polar surface area (TPSA) is 67.6 Å². The number of fused-ring (bicyclic) bond motifs is 1. The Kier molecular flexibility index (Phi) is 1.86. The van der Waals surface area contributed by atoms with Crippen LogP contribution in [0.2, 0.25) is 0 Å². The molecule has 1 aromatic carbocycles. The molecule has 3 aromatic rings. The van der Waals surface area contributed by atoms with Crippen LogP contribution in [-0.4, -0.2) is 15.2 Å². The van der Waals surface area contributed by atoms with Crippen LogP contribution in [-0.2, 0) is 0 Å². The van der Waals surface area contributed by atoms with E-state index in [1.807, 2.05) is 30.3 Å². The van der Waals surface area contributed by atoms with Crippen molar-refractivity contribution in [2.45, 2.75) is 0 Å². The Bertz CT molecular complexity index is 628. The molecular formula is C12H10N4. The van der Waals surface area contributed by atoms with Gasteiger partial charge in [-0.3, -0.25) is 10.1 Å². The molecule has 2 aromatic heterocycles. The Morgan fingerprint density at radius 3 is 2.69 bits per heavy atom. The highest BCUT2D eigenvalue weighted by molar-refractivity contribution is 5.94.